The van der Waals surface area contributed by atoms with Crippen LogP contribution in [0.1, 0.15) is 18.5 Å². The van der Waals surface area contributed by atoms with E-state index in [4.69, 9.17) is 4.74 Å². The quantitative estimate of drug-likeness (QED) is 0.564. The number of amides is 1. The van der Waals surface area contributed by atoms with Crippen LogP contribution in [0.2, 0.25) is 0 Å². The Morgan fingerprint density at radius 3 is 2.69 bits per heavy atom. The molecule has 0 aliphatic heterocycles. The summed E-state index contributed by atoms with van der Waals surface area (Å²) in [6.45, 7) is 1.62. The number of fused-ring (bicyclic) bond motifs is 1. The van der Waals surface area contributed by atoms with Crippen molar-refractivity contribution in [2.24, 2.45) is 5.10 Å². The second-order valence-corrected chi connectivity index (χ2v) is 5.66. The molecule has 0 radical (unpaired) electrons. The van der Waals surface area contributed by atoms with Crippen molar-refractivity contribution in [3.05, 3.63) is 70.8 Å². The Morgan fingerprint density at radius 1 is 1.23 bits per heavy atom. The molecule has 0 aliphatic carbocycles. The molecule has 3 rings (SSSR count). The minimum absolute atomic E-state index is 0.266. The van der Waals surface area contributed by atoms with E-state index in [0.717, 1.165) is 11.3 Å². The van der Waals surface area contributed by atoms with Gasteiger partial charge in [0.25, 0.3) is 11.5 Å². The zero-order valence-electron chi connectivity index (χ0n) is 14.4. The van der Waals surface area contributed by atoms with E-state index in [1.165, 1.54) is 17.1 Å². The summed E-state index contributed by atoms with van der Waals surface area (Å²) in [5.41, 5.74) is 3.58. The molecular weight excluding hydrogens is 332 g/mol. The number of hydrogen-bond donors (Lipinski definition) is 1. The molecule has 26 heavy (non-hydrogen) atoms. The zero-order valence-corrected chi connectivity index (χ0v) is 14.4. The second-order valence-electron chi connectivity index (χ2n) is 5.66. The molecular formula is C19H18N4O3. The van der Waals surface area contributed by atoms with Crippen LogP contribution in [-0.4, -0.2) is 28.8 Å². The lowest BCUT2D eigenvalue weighted by atomic mass is 10.2. The number of hydrazone groups is 1. The molecule has 0 saturated heterocycles. The summed E-state index contributed by atoms with van der Waals surface area (Å²) < 4.78 is 6.37. The minimum atomic E-state index is -0.743. The van der Waals surface area contributed by atoms with Gasteiger partial charge in [0, 0.05) is 0 Å². The highest BCUT2D eigenvalue weighted by Crippen LogP contribution is 2.10. The van der Waals surface area contributed by atoms with Gasteiger partial charge in [-0.1, -0.05) is 12.1 Å². The maximum absolute atomic E-state index is 12.5. The average Bonchev–Trinajstić information content (AvgIpc) is 2.68. The van der Waals surface area contributed by atoms with E-state index in [-0.39, 0.29) is 5.56 Å². The van der Waals surface area contributed by atoms with Crippen molar-refractivity contribution >= 4 is 23.0 Å². The normalized spacial score (nSPS) is 12.2. The molecule has 7 nitrogen and oxygen atoms in total. The smallest absolute Gasteiger partial charge is 0.262 e. The van der Waals surface area contributed by atoms with E-state index in [1.807, 2.05) is 18.2 Å². The lowest BCUT2D eigenvalue weighted by molar-refractivity contribution is -0.123. The van der Waals surface area contributed by atoms with Gasteiger partial charge in [0.15, 0.2) is 0 Å². The molecule has 0 fully saturated rings. The molecule has 7 heteroatoms. The van der Waals surface area contributed by atoms with Crippen LogP contribution < -0.4 is 15.7 Å². The highest BCUT2D eigenvalue weighted by atomic mass is 16.5. The van der Waals surface area contributed by atoms with Gasteiger partial charge in [-0.2, -0.15) is 5.10 Å². The summed E-state index contributed by atoms with van der Waals surface area (Å²) in [6, 6.07) is 13.5. The lowest BCUT2D eigenvalue weighted by Gasteiger charge is -2.13. The topological polar surface area (TPSA) is 85.6 Å². The summed E-state index contributed by atoms with van der Waals surface area (Å²) in [4.78, 5) is 29.0. The third-order valence-corrected chi connectivity index (χ3v) is 3.99. The maximum Gasteiger partial charge on any atom is 0.262 e. The van der Waals surface area contributed by atoms with Crippen molar-refractivity contribution in [2.75, 3.05) is 7.11 Å². The van der Waals surface area contributed by atoms with Crippen LogP contribution in [0.3, 0.4) is 0 Å². The van der Waals surface area contributed by atoms with Crippen molar-refractivity contribution in [1.29, 1.82) is 0 Å². The Morgan fingerprint density at radius 2 is 1.96 bits per heavy atom. The SMILES string of the molecule is COc1ccc(/C=N\NC(=O)[C@H](C)n2cnc3ccccc3c2=O)cc1. The lowest BCUT2D eigenvalue weighted by Crippen LogP contribution is -2.33. The predicted octanol–water partition coefficient (Wildman–Crippen LogP) is 2.12. The molecule has 1 atom stereocenters. The van der Waals surface area contributed by atoms with Gasteiger partial charge in [0.2, 0.25) is 0 Å². The molecule has 0 saturated carbocycles. The molecule has 0 bridgehead atoms. The fraction of sp³-hybridized carbons (Fsp3) is 0.158. The number of methoxy groups -OCH3 is 1. The molecule has 0 spiro atoms. The first-order chi connectivity index (χ1) is 12.6. The number of carbonyl (C=O) groups is 1. The standard InChI is InChI=1S/C19H18N4O3/c1-13(23-12-20-17-6-4-3-5-16(17)19(23)25)18(24)22-21-11-14-7-9-15(26-2)10-8-14/h3-13H,1-2H3,(H,22,24)/b21-11-/t13-/m0/s1. The van der Waals surface area contributed by atoms with Gasteiger partial charge in [-0.3, -0.25) is 14.2 Å². The molecule has 0 aliphatic rings. The molecule has 1 N–H and O–H groups in total. The van der Waals surface area contributed by atoms with Crippen LogP contribution in [0.15, 0.2) is 64.8 Å². The molecule has 1 aromatic heterocycles. The largest absolute Gasteiger partial charge is 0.497 e. The second kappa shape index (κ2) is 7.60. The zero-order chi connectivity index (χ0) is 18.5. The highest BCUT2D eigenvalue weighted by molar-refractivity contribution is 5.84. The van der Waals surface area contributed by atoms with Gasteiger partial charge < -0.3 is 4.74 Å². The number of para-hydroxylation sites is 1. The maximum atomic E-state index is 12.5. The Hall–Kier alpha value is -3.48. The van der Waals surface area contributed by atoms with Crippen LogP contribution in [0.25, 0.3) is 10.9 Å². The van der Waals surface area contributed by atoms with Crippen LogP contribution in [0.5, 0.6) is 5.75 Å². The Bertz CT molecular complexity index is 1010. The van der Waals surface area contributed by atoms with E-state index in [9.17, 15) is 9.59 Å². The number of hydrogen-bond acceptors (Lipinski definition) is 5. The number of benzene rings is 2. The van der Waals surface area contributed by atoms with Gasteiger partial charge in [0.05, 0.1) is 30.6 Å². The number of ether oxygens (including phenoxy) is 1. The van der Waals surface area contributed by atoms with Crippen molar-refractivity contribution < 1.29 is 9.53 Å². The summed E-state index contributed by atoms with van der Waals surface area (Å²) in [5, 5.41) is 4.40. The van der Waals surface area contributed by atoms with Crippen LogP contribution in [0, 0.1) is 0 Å². The summed E-state index contributed by atoms with van der Waals surface area (Å²) in [6.07, 6.45) is 2.90. The molecule has 3 aromatic rings. The Kier molecular flexibility index (Phi) is 5.07. The van der Waals surface area contributed by atoms with E-state index in [0.29, 0.717) is 10.9 Å². The molecule has 2 aromatic carbocycles. The van der Waals surface area contributed by atoms with E-state index >= 15 is 0 Å². The van der Waals surface area contributed by atoms with E-state index in [1.54, 1.807) is 44.4 Å². The molecule has 1 amide bonds. The molecule has 132 valence electrons. The number of rotatable bonds is 5. The third-order valence-electron chi connectivity index (χ3n) is 3.99. The first-order valence-corrected chi connectivity index (χ1v) is 8.03. The van der Waals surface area contributed by atoms with Crippen LogP contribution in [0.4, 0.5) is 0 Å². The third kappa shape index (κ3) is 3.61. The van der Waals surface area contributed by atoms with Crippen LogP contribution >= 0.6 is 0 Å². The monoisotopic (exact) mass is 350 g/mol. The van der Waals surface area contributed by atoms with Crippen molar-refractivity contribution in [3.63, 3.8) is 0 Å². The van der Waals surface area contributed by atoms with Gasteiger partial charge in [-0.15, -0.1) is 0 Å². The average molecular weight is 350 g/mol. The molecule has 0 unspecified atom stereocenters. The number of aromatic nitrogens is 2. The van der Waals surface area contributed by atoms with Crippen molar-refractivity contribution in [3.8, 4) is 5.75 Å². The van der Waals surface area contributed by atoms with Gasteiger partial charge >= 0.3 is 0 Å². The summed E-state index contributed by atoms with van der Waals surface area (Å²) in [7, 11) is 1.59. The van der Waals surface area contributed by atoms with Gasteiger partial charge in [-0.25, -0.2) is 10.4 Å². The first-order valence-electron chi connectivity index (χ1n) is 8.03. The molecule has 1 heterocycles. The van der Waals surface area contributed by atoms with Gasteiger partial charge in [-0.05, 0) is 48.9 Å². The number of nitrogens with one attached hydrogen (secondary N) is 1. The fourth-order valence-electron chi connectivity index (χ4n) is 2.44. The summed E-state index contributed by atoms with van der Waals surface area (Å²) >= 11 is 0. The summed E-state index contributed by atoms with van der Waals surface area (Å²) in [5.74, 6) is 0.330. The highest BCUT2D eigenvalue weighted by Gasteiger charge is 2.17. The van der Waals surface area contributed by atoms with Crippen molar-refractivity contribution in [1.82, 2.24) is 15.0 Å². The number of carbonyl (C=O) groups excluding carboxylic acids is 1. The fourth-order valence-corrected chi connectivity index (χ4v) is 2.44. The van der Waals surface area contributed by atoms with E-state index < -0.39 is 11.9 Å². The number of nitrogens with zero attached hydrogens (tertiary/aromatic N) is 3. The predicted molar refractivity (Wildman–Crippen MR) is 99.4 cm³/mol. The Balaban J connectivity index is 1.72. The minimum Gasteiger partial charge on any atom is -0.497 e. The van der Waals surface area contributed by atoms with E-state index in [2.05, 4.69) is 15.5 Å². The van der Waals surface area contributed by atoms with Crippen molar-refractivity contribution in [2.45, 2.75) is 13.0 Å². The Labute approximate surface area is 149 Å². The van der Waals surface area contributed by atoms with Gasteiger partial charge in [0.1, 0.15) is 11.8 Å². The van der Waals surface area contributed by atoms with Crippen LogP contribution in [-0.2, 0) is 4.79 Å². The first kappa shape index (κ1) is 17.3.